The van der Waals surface area contributed by atoms with Gasteiger partial charge in [-0.25, -0.2) is 0 Å². The van der Waals surface area contributed by atoms with Gasteiger partial charge in [0.05, 0.1) is 0 Å². The van der Waals surface area contributed by atoms with Crippen LogP contribution in [0.15, 0.2) is 16.8 Å². The van der Waals surface area contributed by atoms with Gasteiger partial charge in [0, 0.05) is 16.5 Å². The molecule has 0 aliphatic heterocycles. The van der Waals surface area contributed by atoms with Crippen molar-refractivity contribution in [2.45, 2.75) is 16.8 Å². The summed E-state index contributed by atoms with van der Waals surface area (Å²) in [5.41, 5.74) is 0. The van der Waals surface area contributed by atoms with Gasteiger partial charge in [0.25, 0.3) is 0 Å². The maximum absolute atomic E-state index is 4.83. The second-order valence-corrected chi connectivity index (χ2v) is 11.2. The van der Waals surface area contributed by atoms with Gasteiger partial charge >= 0.3 is 0 Å². The first-order valence-electron chi connectivity index (χ1n) is 3.36. The first-order chi connectivity index (χ1) is 7.40. The van der Waals surface area contributed by atoms with Crippen molar-refractivity contribution >= 4 is 120 Å². The van der Waals surface area contributed by atoms with Crippen LogP contribution in [0.3, 0.4) is 0 Å². The molecule has 0 spiro atoms. The summed E-state index contributed by atoms with van der Waals surface area (Å²) in [5, 5.41) is 0. The quantitative estimate of drug-likeness (QED) is 0.321. The molecule has 2 heterocycles. The monoisotopic (exact) mass is 450 g/mol. The Hall–Kier alpha value is 1.91. The fraction of sp³-hybridized carbons (Fsp3) is 0. The van der Waals surface area contributed by atoms with E-state index in [1.54, 1.807) is 0 Å². The zero-order chi connectivity index (χ0) is 12.3. The van der Waals surface area contributed by atoms with Crippen molar-refractivity contribution in [3.8, 4) is 0 Å². The van der Waals surface area contributed by atoms with Crippen LogP contribution in [0, 0.1) is 6.28 Å². The maximum atomic E-state index is 4.83. The Morgan fingerprint density at radius 3 is 0.824 bits per heavy atom. The Balaban J connectivity index is 0.000000284. The molecular formula is C6NiS10-4. The molecule has 2 aromatic rings. The Morgan fingerprint density at radius 1 is 0.588 bits per heavy atom. The number of hydrogen-bond donors (Lipinski definition) is 0. The van der Waals surface area contributed by atoms with E-state index in [-0.39, 0.29) is 16.5 Å². The van der Waals surface area contributed by atoms with Crippen LogP contribution >= 0.6 is 69.8 Å². The van der Waals surface area contributed by atoms with Gasteiger partial charge in [-0.3, -0.25) is 0 Å². The van der Waals surface area contributed by atoms with E-state index in [2.05, 4.69) is 0 Å². The van der Waals surface area contributed by atoms with Crippen molar-refractivity contribution < 1.29 is 16.5 Å². The molecule has 0 saturated heterocycles. The molecule has 0 fully saturated rings. The third-order valence-corrected chi connectivity index (χ3v) is 8.11. The van der Waals surface area contributed by atoms with E-state index in [9.17, 15) is 0 Å². The van der Waals surface area contributed by atoms with Gasteiger partial charge in [-0.1, -0.05) is 0 Å². The van der Waals surface area contributed by atoms with Gasteiger partial charge in [0.15, 0.2) is 0 Å². The third-order valence-electron chi connectivity index (χ3n) is 1.04. The first kappa shape index (κ1) is 18.9. The molecule has 2 aromatic heterocycles. The topological polar surface area (TPSA) is 0 Å². The Labute approximate surface area is 157 Å². The number of rotatable bonds is 0. The first-order valence-corrected chi connectivity index (χ1v) is 9.07. The zero-order valence-electron chi connectivity index (χ0n) is 7.40. The van der Waals surface area contributed by atoms with Gasteiger partial charge in [0.2, 0.25) is 0 Å². The van der Waals surface area contributed by atoms with Crippen LogP contribution in [-0.2, 0) is 67.0 Å². The molecule has 0 atom stereocenters. The molecule has 0 bridgehead atoms. The van der Waals surface area contributed by atoms with Crippen LogP contribution < -0.4 is 0 Å². The minimum absolute atomic E-state index is 0. The molecule has 2 rings (SSSR count). The Bertz CT molecular complexity index is 473. The molecule has 0 nitrogen and oxygen atoms in total. The molecular weight excluding hydrogens is 451 g/mol. The molecule has 0 aromatic carbocycles. The maximum Gasteiger partial charge on any atom is 0 e. The Kier molecular flexibility index (Phi) is 9.97. The SMILES string of the molecule is S=c1sc([S-])c([S-])s1.S=c1sc([S-])c([S-])s1.[Ni]. The summed E-state index contributed by atoms with van der Waals surface area (Å²) in [6.07, 6.45) is 0. The van der Waals surface area contributed by atoms with Crippen molar-refractivity contribution in [1.82, 2.24) is 0 Å². The summed E-state index contributed by atoms with van der Waals surface area (Å²) in [6.45, 7) is 0. The van der Waals surface area contributed by atoms with Gasteiger partial charge in [-0.05, 0) is 6.28 Å². The van der Waals surface area contributed by atoms with Gasteiger partial charge in [-0.15, -0.1) is 41.3 Å². The van der Waals surface area contributed by atoms with Crippen molar-refractivity contribution in [2.75, 3.05) is 0 Å². The fourth-order valence-corrected chi connectivity index (χ4v) is 7.05. The summed E-state index contributed by atoms with van der Waals surface area (Å²) in [6, 6.07) is 0. The van der Waals surface area contributed by atoms with Gasteiger partial charge in [0.1, 0.15) is 0 Å². The minimum Gasteiger partial charge on any atom is -0.429 e. The molecule has 98 valence electrons. The second kappa shape index (κ2) is 8.96. The summed E-state index contributed by atoms with van der Waals surface area (Å²) in [5.74, 6) is 0. The molecule has 0 aliphatic rings. The predicted molar refractivity (Wildman–Crippen MR) is 88.6 cm³/mol. The zero-order valence-corrected chi connectivity index (χ0v) is 16.6. The number of hydrogen-bond acceptors (Lipinski definition) is 10. The van der Waals surface area contributed by atoms with Crippen molar-refractivity contribution in [2.24, 2.45) is 0 Å². The second-order valence-electron chi connectivity index (χ2n) is 2.06. The van der Waals surface area contributed by atoms with E-state index in [4.69, 9.17) is 75.0 Å². The fourth-order valence-electron chi connectivity index (χ4n) is 0.511. The predicted octanol–water partition coefficient (Wildman–Crippen LogP) is 4.70. The molecule has 0 radical (unpaired) electrons. The van der Waals surface area contributed by atoms with Crippen LogP contribution in [-0.4, -0.2) is 0 Å². The molecule has 0 unspecified atom stereocenters. The smallest absolute Gasteiger partial charge is 0 e. The summed E-state index contributed by atoms with van der Waals surface area (Å²) in [4.78, 5) is 0. The van der Waals surface area contributed by atoms with Crippen molar-refractivity contribution in [3.05, 3.63) is 6.28 Å². The average Bonchev–Trinajstić information content (AvgIpc) is 2.58. The molecule has 11 heteroatoms. The summed E-state index contributed by atoms with van der Waals surface area (Å²) in [7, 11) is 0. The van der Waals surface area contributed by atoms with Crippen LogP contribution in [0.2, 0.25) is 0 Å². The largest absolute Gasteiger partial charge is 0.429 e. The average molecular weight is 451 g/mol. The molecule has 0 amide bonds. The Morgan fingerprint density at radius 2 is 0.765 bits per heavy atom. The molecule has 0 saturated carbocycles. The van der Waals surface area contributed by atoms with E-state index >= 15 is 0 Å². The van der Waals surface area contributed by atoms with Gasteiger partial charge in [-0.2, -0.15) is 0 Å². The van der Waals surface area contributed by atoms with Crippen LogP contribution in [0.5, 0.6) is 0 Å². The molecule has 17 heavy (non-hydrogen) atoms. The molecule has 0 N–H and O–H groups in total. The van der Waals surface area contributed by atoms with Crippen molar-refractivity contribution in [1.29, 1.82) is 0 Å². The van der Waals surface area contributed by atoms with Crippen molar-refractivity contribution in [3.63, 3.8) is 0 Å². The summed E-state index contributed by atoms with van der Waals surface area (Å²) >= 11 is 34.6. The van der Waals surface area contributed by atoms with E-state index in [0.29, 0.717) is 0 Å². The normalized spacial score (nSPS) is 8.94. The van der Waals surface area contributed by atoms with E-state index in [1.807, 2.05) is 0 Å². The van der Waals surface area contributed by atoms with E-state index < -0.39 is 0 Å². The van der Waals surface area contributed by atoms with Gasteiger partial charge < -0.3 is 95.9 Å². The standard InChI is InChI=1S/2C3H2S5.Ni/c2*4-1-2(5)8-3(6)7-1;/h2*4-5H;/p-4. The van der Waals surface area contributed by atoms with Crippen LogP contribution in [0.25, 0.3) is 0 Å². The summed E-state index contributed by atoms with van der Waals surface area (Å²) < 4.78 is 4.70. The van der Waals surface area contributed by atoms with Crippen LogP contribution in [0.4, 0.5) is 0 Å². The molecule has 0 aliphatic carbocycles. The van der Waals surface area contributed by atoms with Crippen LogP contribution in [0.1, 0.15) is 0 Å². The third kappa shape index (κ3) is 6.76. The van der Waals surface area contributed by atoms with E-state index in [0.717, 1.165) is 23.1 Å². The van der Waals surface area contributed by atoms with E-state index in [1.165, 1.54) is 45.3 Å². The minimum atomic E-state index is 0.